The molecule has 0 aliphatic carbocycles. The van der Waals surface area contributed by atoms with Crippen molar-refractivity contribution in [1.82, 2.24) is 0 Å². The summed E-state index contributed by atoms with van der Waals surface area (Å²) >= 11 is 0. The van der Waals surface area contributed by atoms with Crippen LogP contribution in [-0.4, -0.2) is 67.9 Å². The van der Waals surface area contributed by atoms with Crippen molar-refractivity contribution in [3.8, 4) is 23.8 Å². The van der Waals surface area contributed by atoms with Gasteiger partial charge in [-0.25, -0.2) is 8.42 Å². The fourth-order valence-corrected chi connectivity index (χ4v) is 5.78. The Balaban J connectivity index is 2.23. The van der Waals surface area contributed by atoms with Crippen molar-refractivity contribution in [1.29, 1.82) is 0 Å². The Morgan fingerprint density at radius 1 is 0.875 bits per heavy atom. The molecular formula is C29H32N2O8S. The third-order valence-corrected chi connectivity index (χ3v) is 8.14. The molecule has 0 spiro atoms. The lowest BCUT2D eigenvalue weighted by Gasteiger charge is -2.32. The molecule has 0 unspecified atom stereocenters. The highest BCUT2D eigenvalue weighted by Gasteiger charge is 2.31. The molecule has 0 aliphatic rings. The van der Waals surface area contributed by atoms with Crippen molar-refractivity contribution in [2.45, 2.75) is 24.3 Å². The lowest BCUT2D eigenvalue weighted by atomic mass is 10.0. The van der Waals surface area contributed by atoms with E-state index in [2.05, 4.69) is 5.92 Å². The molecule has 10 nitrogen and oxygen atoms in total. The molecule has 0 bridgehead atoms. The second-order valence-electron chi connectivity index (χ2n) is 8.72. The van der Waals surface area contributed by atoms with E-state index in [9.17, 15) is 18.0 Å². The maximum absolute atomic E-state index is 14.0. The first-order chi connectivity index (χ1) is 19.1. The Morgan fingerprint density at radius 3 is 2.05 bits per heavy atom. The Morgan fingerprint density at radius 2 is 1.48 bits per heavy atom. The second-order valence-corrected chi connectivity index (χ2v) is 10.6. The van der Waals surface area contributed by atoms with E-state index in [0.717, 1.165) is 4.31 Å². The molecule has 3 aromatic rings. The Kier molecular flexibility index (Phi) is 9.85. The fraction of sp³-hybridized carbons (Fsp3) is 0.310. The molecule has 0 amide bonds. The first-order valence-electron chi connectivity index (χ1n) is 12.2. The van der Waals surface area contributed by atoms with Crippen LogP contribution in [0.4, 0.5) is 11.4 Å². The highest BCUT2D eigenvalue weighted by molar-refractivity contribution is 7.92. The van der Waals surface area contributed by atoms with Gasteiger partial charge in [-0.3, -0.25) is 13.9 Å². The van der Waals surface area contributed by atoms with Gasteiger partial charge in [-0.1, -0.05) is 30.2 Å². The van der Waals surface area contributed by atoms with Crippen LogP contribution < -0.4 is 18.7 Å². The first-order valence-corrected chi connectivity index (χ1v) is 13.7. The number of fused-ring (bicyclic) bond motifs is 1. The number of sulfonamides is 1. The number of rotatable bonds is 12. The lowest BCUT2D eigenvalue weighted by Crippen LogP contribution is -2.37. The molecule has 0 aromatic heterocycles. The number of nitrogens with zero attached hydrogens (tertiary/aromatic N) is 2. The molecular weight excluding hydrogens is 536 g/mol. The molecule has 3 aromatic carbocycles. The van der Waals surface area contributed by atoms with Crippen LogP contribution in [0.1, 0.15) is 13.3 Å². The number of carbonyl (C=O) groups is 2. The van der Waals surface area contributed by atoms with Crippen LogP contribution in [0.5, 0.6) is 11.5 Å². The molecule has 0 saturated heterocycles. The highest BCUT2D eigenvalue weighted by atomic mass is 32.2. The lowest BCUT2D eigenvalue weighted by molar-refractivity contribution is -0.141. The summed E-state index contributed by atoms with van der Waals surface area (Å²) in [6.07, 6.45) is 5.75. The summed E-state index contributed by atoms with van der Waals surface area (Å²) in [4.78, 5) is 26.2. The van der Waals surface area contributed by atoms with Gasteiger partial charge in [0.25, 0.3) is 10.0 Å². The van der Waals surface area contributed by atoms with Gasteiger partial charge in [0.05, 0.1) is 52.0 Å². The fourth-order valence-electron chi connectivity index (χ4n) is 4.33. The standard InChI is InChI=1S/C29H32N2O8S/c1-7-16-30(20(2)17-28(32)38-5)24-13-14-25(23-11-9-8-10-22(23)24)31(19-29(33)39-6)40(34,35)21-12-15-26(36-3)27(18-21)37-4/h1,8-15,18,20H,16-17,19H2,2-6H3/t20-/m0/s1. The van der Waals surface area contributed by atoms with E-state index in [-0.39, 0.29) is 41.3 Å². The summed E-state index contributed by atoms with van der Waals surface area (Å²) < 4.78 is 49.2. The normalized spacial score (nSPS) is 11.7. The number of terminal acetylenes is 1. The van der Waals surface area contributed by atoms with Crippen LogP contribution in [0, 0.1) is 12.3 Å². The van der Waals surface area contributed by atoms with E-state index in [1.807, 2.05) is 24.0 Å². The monoisotopic (exact) mass is 568 g/mol. The van der Waals surface area contributed by atoms with Crippen LogP contribution in [-0.2, 0) is 29.1 Å². The van der Waals surface area contributed by atoms with Crippen LogP contribution in [0.2, 0.25) is 0 Å². The molecule has 0 aliphatic heterocycles. The van der Waals surface area contributed by atoms with Crippen molar-refractivity contribution in [2.24, 2.45) is 0 Å². The van der Waals surface area contributed by atoms with Gasteiger partial charge in [0, 0.05) is 28.6 Å². The third kappa shape index (κ3) is 6.24. The highest BCUT2D eigenvalue weighted by Crippen LogP contribution is 2.38. The van der Waals surface area contributed by atoms with E-state index in [1.54, 1.807) is 24.3 Å². The maximum Gasteiger partial charge on any atom is 0.326 e. The number of carbonyl (C=O) groups excluding carboxylic acids is 2. The minimum Gasteiger partial charge on any atom is -0.493 e. The second kappa shape index (κ2) is 13.1. The zero-order chi connectivity index (χ0) is 29.4. The summed E-state index contributed by atoms with van der Waals surface area (Å²) in [7, 11) is 1.05. The van der Waals surface area contributed by atoms with E-state index in [4.69, 9.17) is 25.4 Å². The van der Waals surface area contributed by atoms with Crippen LogP contribution in [0.25, 0.3) is 10.8 Å². The summed E-state index contributed by atoms with van der Waals surface area (Å²) in [6.45, 7) is 1.46. The van der Waals surface area contributed by atoms with Crippen LogP contribution in [0.3, 0.4) is 0 Å². The maximum atomic E-state index is 14.0. The molecule has 0 heterocycles. The smallest absolute Gasteiger partial charge is 0.326 e. The summed E-state index contributed by atoms with van der Waals surface area (Å²) in [5.41, 5.74) is 0.941. The number of ether oxygens (including phenoxy) is 4. The first kappa shape index (κ1) is 30.1. The van der Waals surface area contributed by atoms with Gasteiger partial charge in [0.2, 0.25) is 0 Å². The Labute approximate surface area is 234 Å². The van der Waals surface area contributed by atoms with Gasteiger partial charge in [-0.2, -0.15) is 0 Å². The molecule has 0 N–H and O–H groups in total. The zero-order valence-corrected chi connectivity index (χ0v) is 23.9. The number of methoxy groups -OCH3 is 4. The van der Waals surface area contributed by atoms with E-state index < -0.39 is 22.5 Å². The van der Waals surface area contributed by atoms with Crippen molar-refractivity contribution >= 4 is 44.1 Å². The average Bonchev–Trinajstić information content (AvgIpc) is 2.97. The number of anilines is 2. The quantitative estimate of drug-likeness (QED) is 0.239. The Hall–Kier alpha value is -4.43. The SMILES string of the molecule is C#CCN(c1ccc(N(CC(=O)OC)S(=O)(=O)c2ccc(OC)c(OC)c2)c2ccccc12)[C@@H](C)CC(=O)OC. The Bertz CT molecular complexity index is 1530. The van der Waals surface area contributed by atoms with Gasteiger partial charge in [-0.05, 0) is 31.2 Å². The summed E-state index contributed by atoms with van der Waals surface area (Å²) in [5, 5.41) is 1.21. The molecule has 40 heavy (non-hydrogen) atoms. The molecule has 3 rings (SSSR count). The molecule has 0 radical (unpaired) electrons. The van der Waals surface area contributed by atoms with E-state index in [1.165, 1.54) is 46.6 Å². The number of hydrogen-bond acceptors (Lipinski definition) is 9. The average molecular weight is 569 g/mol. The van der Waals surface area contributed by atoms with Gasteiger partial charge in [0.1, 0.15) is 6.54 Å². The number of benzene rings is 3. The number of esters is 2. The molecule has 0 saturated carbocycles. The molecule has 0 fully saturated rings. The summed E-state index contributed by atoms with van der Waals surface area (Å²) in [6, 6.07) is 14.3. The molecule has 1 atom stereocenters. The van der Waals surface area contributed by atoms with Gasteiger partial charge in [-0.15, -0.1) is 6.42 Å². The van der Waals surface area contributed by atoms with Crippen molar-refractivity contribution < 1.29 is 37.0 Å². The molecule has 212 valence electrons. The third-order valence-electron chi connectivity index (χ3n) is 6.38. The number of hydrogen-bond donors (Lipinski definition) is 0. The van der Waals surface area contributed by atoms with E-state index in [0.29, 0.717) is 22.2 Å². The van der Waals surface area contributed by atoms with Crippen molar-refractivity contribution in [2.75, 3.05) is 50.7 Å². The van der Waals surface area contributed by atoms with Crippen molar-refractivity contribution in [3.63, 3.8) is 0 Å². The van der Waals surface area contributed by atoms with Gasteiger partial charge in [0.15, 0.2) is 11.5 Å². The van der Waals surface area contributed by atoms with E-state index >= 15 is 0 Å². The predicted octanol–water partition coefficient (Wildman–Crippen LogP) is 3.62. The zero-order valence-electron chi connectivity index (χ0n) is 23.0. The molecule has 11 heteroatoms. The van der Waals surface area contributed by atoms with Crippen LogP contribution >= 0.6 is 0 Å². The van der Waals surface area contributed by atoms with Crippen LogP contribution in [0.15, 0.2) is 59.5 Å². The summed E-state index contributed by atoms with van der Waals surface area (Å²) in [5.74, 6) is 2.05. The predicted molar refractivity (Wildman–Crippen MR) is 152 cm³/mol. The topological polar surface area (TPSA) is 112 Å². The van der Waals surface area contributed by atoms with Crippen molar-refractivity contribution in [3.05, 3.63) is 54.6 Å². The largest absolute Gasteiger partial charge is 0.493 e. The minimum absolute atomic E-state index is 0.0937. The van der Waals surface area contributed by atoms with Gasteiger partial charge >= 0.3 is 11.9 Å². The van der Waals surface area contributed by atoms with Gasteiger partial charge < -0.3 is 23.8 Å². The minimum atomic E-state index is -4.30.